The van der Waals surface area contributed by atoms with E-state index in [0.717, 1.165) is 270 Å². The molecule has 13 heteroatoms. The molecular weight excluding hydrogens is 1630 g/mol. The van der Waals surface area contributed by atoms with Crippen LogP contribution in [-0.2, 0) is 61.9 Å². The Morgan fingerprint density at radius 3 is 0.412 bits per heavy atom. The van der Waals surface area contributed by atoms with Gasteiger partial charge in [-0.25, -0.2) is 0 Å². The van der Waals surface area contributed by atoms with Crippen molar-refractivity contribution in [1.82, 2.24) is 0 Å². The summed E-state index contributed by atoms with van der Waals surface area (Å²) in [5.41, 5.74) is -2.84. The van der Waals surface area contributed by atoms with E-state index in [9.17, 15) is 28.8 Å². The number of allylic oxidation sites excluding steroid dienone is 24. The highest BCUT2D eigenvalue weighted by molar-refractivity contribution is 5.71. The van der Waals surface area contributed by atoms with Crippen LogP contribution in [0.15, 0.2) is 146 Å². The molecule has 0 aliphatic heterocycles. The van der Waals surface area contributed by atoms with E-state index in [2.05, 4.69) is 187 Å². The lowest BCUT2D eigenvalue weighted by Crippen LogP contribution is -2.47. The first kappa shape index (κ1) is 125. The van der Waals surface area contributed by atoms with Crippen molar-refractivity contribution in [3.8, 4) is 0 Å². The molecule has 0 rings (SSSR count). The van der Waals surface area contributed by atoms with Gasteiger partial charge in [0.05, 0.1) is 24.0 Å². The zero-order chi connectivity index (χ0) is 95.0. The van der Waals surface area contributed by atoms with Gasteiger partial charge in [-0.3, -0.25) is 28.8 Å². The molecule has 0 N–H and O–H groups in total. The molecule has 0 bridgehead atoms. The molecular formula is C118H202O13. The van der Waals surface area contributed by atoms with Crippen LogP contribution in [0.25, 0.3) is 0 Å². The van der Waals surface area contributed by atoms with Gasteiger partial charge in [-0.2, -0.15) is 0 Å². The summed E-state index contributed by atoms with van der Waals surface area (Å²) in [6.45, 7) is 11.0. The lowest BCUT2D eigenvalue weighted by atomic mass is 9.90. The Balaban J connectivity index is 7.45. The highest BCUT2D eigenvalue weighted by Gasteiger charge is 2.41. The van der Waals surface area contributed by atoms with Crippen LogP contribution in [0.4, 0.5) is 0 Å². The van der Waals surface area contributed by atoms with Crippen LogP contribution in [0.1, 0.15) is 504 Å². The van der Waals surface area contributed by atoms with Gasteiger partial charge in [0.2, 0.25) is 0 Å². The second kappa shape index (κ2) is 103. The maximum Gasteiger partial charge on any atom is 0.305 e. The van der Waals surface area contributed by atoms with Gasteiger partial charge >= 0.3 is 35.8 Å². The molecule has 0 heterocycles. The molecule has 0 fully saturated rings. The van der Waals surface area contributed by atoms with Gasteiger partial charge in [-0.15, -0.1) is 0 Å². The molecule has 0 saturated heterocycles. The minimum atomic E-state index is -1.42. The van der Waals surface area contributed by atoms with Gasteiger partial charge in [0.1, 0.15) is 39.6 Å². The van der Waals surface area contributed by atoms with Crippen LogP contribution in [0, 0.1) is 10.8 Å². The number of hydrogen-bond donors (Lipinski definition) is 0. The molecule has 0 aliphatic carbocycles. The molecule has 131 heavy (non-hydrogen) atoms. The van der Waals surface area contributed by atoms with Crippen LogP contribution in [0.5, 0.6) is 0 Å². The zero-order valence-corrected chi connectivity index (χ0v) is 85.7. The zero-order valence-electron chi connectivity index (χ0n) is 85.7. The van der Waals surface area contributed by atoms with Crippen LogP contribution >= 0.6 is 0 Å². The Hall–Kier alpha value is -6.34. The van der Waals surface area contributed by atoms with E-state index in [1.165, 1.54) is 116 Å². The van der Waals surface area contributed by atoms with Gasteiger partial charge in [0, 0.05) is 38.5 Å². The molecule has 752 valence electrons. The van der Waals surface area contributed by atoms with E-state index in [1.54, 1.807) is 0 Å². The van der Waals surface area contributed by atoms with Crippen molar-refractivity contribution in [2.45, 2.75) is 504 Å². The topological polar surface area (TPSA) is 167 Å². The molecule has 0 unspecified atom stereocenters. The standard InChI is InChI=1S/C118H202O13/c1-7-13-19-25-31-37-43-49-55-61-67-73-79-85-91-97-111(119)126-105-117(106-127-112(120)98-92-86-80-74-68-62-56-50-44-38-32-26-20-14-8-2,107-128-113(121)99-93-87-81-75-69-63-57-51-45-39-33-27-21-15-9-3)103-125-104-118(108-129-114(122)100-94-88-82-76-70-64-58-52-46-40-34-28-22-16-10-4,109-130-115(123)101-95-89-83-77-71-65-59-53-47-41-35-29-23-17-11-5)110-131-116(124)102-96-90-84-78-72-66-60-54-48-42-36-30-24-18-12-6/h31-42,49-60H,7-30,43-48,61-110H2,1-6H3/b37-31-,38-32-,39-33-,40-34-,41-35-,42-36-,55-49-,56-50-,57-51-,58-52-,59-53-,60-54-. The van der Waals surface area contributed by atoms with Crippen molar-refractivity contribution in [2.75, 3.05) is 52.9 Å². The molecule has 0 spiro atoms. The number of esters is 6. The van der Waals surface area contributed by atoms with Gasteiger partial charge in [-0.05, 0) is 231 Å². The highest BCUT2D eigenvalue weighted by Crippen LogP contribution is 2.29. The van der Waals surface area contributed by atoms with E-state index in [4.69, 9.17) is 33.2 Å². The number of rotatable bonds is 100. The highest BCUT2D eigenvalue weighted by atomic mass is 16.6. The first-order chi connectivity index (χ1) is 64.4. The minimum Gasteiger partial charge on any atom is -0.465 e. The first-order valence-corrected chi connectivity index (χ1v) is 54.7. The summed E-state index contributed by atoms with van der Waals surface area (Å²) in [4.78, 5) is 84.7. The van der Waals surface area contributed by atoms with E-state index in [1.807, 2.05) is 0 Å². The van der Waals surface area contributed by atoms with Crippen molar-refractivity contribution < 1.29 is 61.9 Å². The lowest BCUT2D eigenvalue weighted by Gasteiger charge is -2.35. The van der Waals surface area contributed by atoms with E-state index >= 15 is 0 Å². The lowest BCUT2D eigenvalue weighted by molar-refractivity contribution is -0.175. The quantitative estimate of drug-likeness (QED) is 0.0244. The van der Waals surface area contributed by atoms with Gasteiger partial charge in [0.15, 0.2) is 0 Å². The van der Waals surface area contributed by atoms with Crippen molar-refractivity contribution >= 4 is 35.8 Å². The van der Waals surface area contributed by atoms with E-state index < -0.39 is 46.6 Å². The predicted octanol–water partition coefficient (Wildman–Crippen LogP) is 35.1. The number of unbranched alkanes of at least 4 members (excludes halogenated alkanes) is 48. The largest absolute Gasteiger partial charge is 0.465 e. The Bertz CT molecular complexity index is 2460. The van der Waals surface area contributed by atoms with Crippen LogP contribution < -0.4 is 0 Å². The van der Waals surface area contributed by atoms with Gasteiger partial charge in [0.25, 0.3) is 0 Å². The number of hydrogen-bond acceptors (Lipinski definition) is 13. The third-order valence-electron chi connectivity index (χ3n) is 24.0. The van der Waals surface area contributed by atoms with Crippen molar-refractivity contribution in [3.63, 3.8) is 0 Å². The summed E-state index contributed by atoms with van der Waals surface area (Å²) in [5.74, 6) is -2.55. The Morgan fingerprint density at radius 1 is 0.153 bits per heavy atom. The summed E-state index contributed by atoms with van der Waals surface area (Å²) < 4.78 is 44.4. The maximum atomic E-state index is 14.1. The second-order valence-electron chi connectivity index (χ2n) is 37.3. The molecule has 0 amide bonds. The molecule has 0 aromatic carbocycles. The number of carbonyl (C=O) groups excluding carboxylic acids is 6. The fourth-order valence-electron chi connectivity index (χ4n) is 15.3. The molecule has 0 saturated carbocycles. The molecule has 0 aromatic rings. The summed E-state index contributed by atoms with van der Waals surface area (Å²) in [6, 6.07) is 0. The summed E-state index contributed by atoms with van der Waals surface area (Å²) in [5, 5.41) is 0. The molecule has 0 atom stereocenters. The van der Waals surface area contributed by atoms with Gasteiger partial charge < -0.3 is 33.2 Å². The Kier molecular flexibility index (Phi) is 97.6. The smallest absolute Gasteiger partial charge is 0.305 e. The second-order valence-corrected chi connectivity index (χ2v) is 37.3. The third-order valence-corrected chi connectivity index (χ3v) is 24.0. The fraction of sp³-hybridized carbons (Fsp3) is 0.746. The monoisotopic (exact) mass is 1830 g/mol. The fourth-order valence-corrected chi connectivity index (χ4v) is 15.3. The van der Waals surface area contributed by atoms with Crippen molar-refractivity contribution in [3.05, 3.63) is 146 Å². The molecule has 0 aromatic heterocycles. The van der Waals surface area contributed by atoms with Gasteiger partial charge in [-0.1, -0.05) is 380 Å². The summed E-state index contributed by atoms with van der Waals surface area (Å²) in [6.07, 6.45) is 124. The SMILES string of the molecule is CCCCC/C=C\C/C=C\CCCCCCCC(=O)OCC(COCC(COC(=O)CCCCCCC/C=C\C/C=C\CCCCC)(COC(=O)CCCCCCC/C=C\C/C=C\CCCCC)COC(=O)CCCCCCC/C=C\C/C=C\CCCCC)(COC(=O)CCCCCCC/C=C\C/C=C\CCCCC)COC(=O)CCCCCCC/C=C\C/C=C\CCCCC. The maximum absolute atomic E-state index is 14.1. The Morgan fingerprint density at radius 2 is 0.275 bits per heavy atom. The van der Waals surface area contributed by atoms with Crippen LogP contribution in [0.2, 0.25) is 0 Å². The minimum absolute atomic E-state index is 0.172. The summed E-state index contributed by atoms with van der Waals surface area (Å²) >= 11 is 0. The van der Waals surface area contributed by atoms with Crippen LogP contribution in [0.3, 0.4) is 0 Å². The third kappa shape index (κ3) is 93.8. The average Bonchev–Trinajstić information content (AvgIpc) is 0.837. The Labute approximate surface area is 806 Å². The number of carbonyl (C=O) groups is 6. The van der Waals surface area contributed by atoms with Crippen molar-refractivity contribution in [1.29, 1.82) is 0 Å². The number of ether oxygens (including phenoxy) is 7. The first-order valence-electron chi connectivity index (χ1n) is 54.7. The molecule has 0 aliphatic rings. The molecule has 0 radical (unpaired) electrons. The van der Waals surface area contributed by atoms with E-state index in [0.29, 0.717) is 38.5 Å². The summed E-state index contributed by atoms with van der Waals surface area (Å²) in [7, 11) is 0. The normalized spacial score (nSPS) is 12.5. The average molecular weight is 1830 g/mol. The predicted molar refractivity (Wildman–Crippen MR) is 558 cm³/mol. The van der Waals surface area contributed by atoms with Crippen molar-refractivity contribution in [2.24, 2.45) is 10.8 Å². The van der Waals surface area contributed by atoms with E-state index in [-0.39, 0.29) is 91.4 Å². The van der Waals surface area contributed by atoms with Crippen LogP contribution in [-0.4, -0.2) is 88.7 Å². The molecule has 13 nitrogen and oxygen atoms in total.